The lowest BCUT2D eigenvalue weighted by molar-refractivity contribution is -0.153. The predicted molar refractivity (Wildman–Crippen MR) is 88.2 cm³/mol. The molecule has 0 fully saturated rings. The standard InChI is InChI=1S/C17H15ClF3NO3/c18-12-5-7-13(8-6-12)24-10-9-16(23)22-14-3-1-2-4-15(14)25-11-17(19,20)21/h1-8H,9-11H2,(H,22,23). The number of rotatable bonds is 7. The summed E-state index contributed by atoms with van der Waals surface area (Å²) in [5.41, 5.74) is 0.170. The summed E-state index contributed by atoms with van der Waals surface area (Å²) in [7, 11) is 0. The van der Waals surface area contributed by atoms with Crippen molar-refractivity contribution in [3.8, 4) is 11.5 Å². The Balaban J connectivity index is 1.84. The van der Waals surface area contributed by atoms with Gasteiger partial charge in [-0.05, 0) is 36.4 Å². The smallest absolute Gasteiger partial charge is 0.422 e. The minimum absolute atomic E-state index is 0.0240. The summed E-state index contributed by atoms with van der Waals surface area (Å²) in [5, 5.41) is 3.08. The van der Waals surface area contributed by atoms with Crippen molar-refractivity contribution in [3.05, 3.63) is 53.6 Å². The van der Waals surface area contributed by atoms with Crippen molar-refractivity contribution in [3.63, 3.8) is 0 Å². The lowest BCUT2D eigenvalue weighted by Gasteiger charge is -2.14. The number of carbonyl (C=O) groups is 1. The first-order valence-corrected chi connectivity index (χ1v) is 7.68. The number of carbonyl (C=O) groups excluding carboxylic acids is 1. The second-order valence-electron chi connectivity index (χ2n) is 5.00. The molecule has 0 spiro atoms. The Bertz CT molecular complexity index is 705. The van der Waals surface area contributed by atoms with E-state index < -0.39 is 18.7 Å². The van der Waals surface area contributed by atoms with Crippen molar-refractivity contribution in [1.29, 1.82) is 0 Å². The van der Waals surface area contributed by atoms with Crippen LogP contribution in [0.25, 0.3) is 0 Å². The molecule has 0 saturated heterocycles. The van der Waals surface area contributed by atoms with E-state index in [1.807, 2.05) is 0 Å². The predicted octanol–water partition coefficient (Wildman–Crippen LogP) is 4.69. The van der Waals surface area contributed by atoms with Crippen LogP contribution in [-0.2, 0) is 4.79 Å². The van der Waals surface area contributed by atoms with E-state index in [0.29, 0.717) is 10.8 Å². The Kier molecular flexibility index (Phi) is 6.52. The maximum atomic E-state index is 12.3. The quantitative estimate of drug-likeness (QED) is 0.766. The summed E-state index contributed by atoms with van der Waals surface area (Å²) in [6.45, 7) is -1.32. The molecule has 0 aromatic heterocycles. The second-order valence-corrected chi connectivity index (χ2v) is 5.44. The number of hydrogen-bond acceptors (Lipinski definition) is 3. The van der Waals surface area contributed by atoms with Crippen molar-refractivity contribution in [2.75, 3.05) is 18.5 Å². The summed E-state index contributed by atoms with van der Waals surface area (Å²) >= 11 is 5.75. The number of alkyl halides is 3. The average Bonchev–Trinajstić information content (AvgIpc) is 2.55. The van der Waals surface area contributed by atoms with Crippen LogP contribution in [0.15, 0.2) is 48.5 Å². The van der Waals surface area contributed by atoms with Crippen molar-refractivity contribution in [2.45, 2.75) is 12.6 Å². The van der Waals surface area contributed by atoms with E-state index in [1.54, 1.807) is 30.3 Å². The van der Waals surface area contributed by atoms with Crippen LogP contribution in [-0.4, -0.2) is 25.3 Å². The van der Waals surface area contributed by atoms with Crippen LogP contribution >= 0.6 is 11.6 Å². The van der Waals surface area contributed by atoms with Crippen LogP contribution in [0.5, 0.6) is 11.5 Å². The molecule has 25 heavy (non-hydrogen) atoms. The van der Waals surface area contributed by atoms with Gasteiger partial charge >= 0.3 is 6.18 Å². The Labute approximate surface area is 147 Å². The summed E-state index contributed by atoms with van der Waals surface area (Å²) in [4.78, 5) is 11.9. The van der Waals surface area contributed by atoms with Crippen molar-refractivity contribution in [1.82, 2.24) is 0 Å². The first-order valence-electron chi connectivity index (χ1n) is 7.30. The molecular weight excluding hydrogens is 359 g/mol. The van der Waals surface area contributed by atoms with Gasteiger partial charge in [-0.3, -0.25) is 4.79 Å². The molecule has 2 rings (SSSR count). The van der Waals surface area contributed by atoms with Gasteiger partial charge in [-0.15, -0.1) is 0 Å². The molecule has 2 aromatic carbocycles. The van der Waals surface area contributed by atoms with Gasteiger partial charge in [0, 0.05) is 5.02 Å². The fourth-order valence-corrected chi connectivity index (χ4v) is 1.99. The third kappa shape index (κ3) is 6.93. The fraction of sp³-hybridized carbons (Fsp3) is 0.235. The molecule has 0 unspecified atom stereocenters. The number of nitrogens with one attached hydrogen (secondary N) is 1. The van der Waals surface area contributed by atoms with Crippen molar-refractivity contribution >= 4 is 23.2 Å². The number of benzene rings is 2. The lowest BCUT2D eigenvalue weighted by atomic mass is 10.3. The summed E-state index contributed by atoms with van der Waals surface area (Å²) in [5.74, 6) is 0.106. The zero-order valence-electron chi connectivity index (χ0n) is 13.0. The van der Waals surface area contributed by atoms with Gasteiger partial charge in [-0.25, -0.2) is 0 Å². The number of anilines is 1. The number of para-hydroxylation sites is 2. The van der Waals surface area contributed by atoms with Crippen LogP contribution < -0.4 is 14.8 Å². The van der Waals surface area contributed by atoms with Gasteiger partial charge in [-0.2, -0.15) is 13.2 Å². The molecule has 0 atom stereocenters. The molecular formula is C17H15ClF3NO3. The van der Waals surface area contributed by atoms with E-state index in [-0.39, 0.29) is 24.5 Å². The number of hydrogen-bond donors (Lipinski definition) is 1. The van der Waals surface area contributed by atoms with E-state index in [4.69, 9.17) is 21.1 Å². The van der Waals surface area contributed by atoms with Crippen LogP contribution in [0.3, 0.4) is 0 Å². The topological polar surface area (TPSA) is 47.6 Å². The number of amides is 1. The highest BCUT2D eigenvalue weighted by Crippen LogP contribution is 2.26. The van der Waals surface area contributed by atoms with Gasteiger partial charge in [0.2, 0.25) is 5.91 Å². The molecule has 1 amide bonds. The molecule has 0 aliphatic carbocycles. The minimum atomic E-state index is -4.45. The highest BCUT2D eigenvalue weighted by atomic mass is 35.5. The monoisotopic (exact) mass is 373 g/mol. The average molecular weight is 374 g/mol. The third-order valence-corrected chi connectivity index (χ3v) is 3.22. The van der Waals surface area contributed by atoms with Gasteiger partial charge < -0.3 is 14.8 Å². The minimum Gasteiger partial charge on any atom is -0.493 e. The van der Waals surface area contributed by atoms with E-state index in [1.165, 1.54) is 18.2 Å². The Morgan fingerprint density at radius 3 is 2.40 bits per heavy atom. The van der Waals surface area contributed by atoms with E-state index in [0.717, 1.165) is 0 Å². The lowest BCUT2D eigenvalue weighted by Crippen LogP contribution is -2.20. The highest BCUT2D eigenvalue weighted by molar-refractivity contribution is 6.30. The van der Waals surface area contributed by atoms with E-state index in [2.05, 4.69) is 5.32 Å². The molecule has 1 N–H and O–H groups in total. The summed E-state index contributed by atoms with van der Waals surface area (Å²) in [6.07, 6.45) is -4.43. The molecule has 0 bridgehead atoms. The molecule has 0 aliphatic rings. The molecule has 0 heterocycles. The van der Waals surface area contributed by atoms with Gasteiger partial charge in [0.05, 0.1) is 18.7 Å². The second kappa shape index (κ2) is 8.62. The maximum absolute atomic E-state index is 12.3. The Morgan fingerprint density at radius 1 is 1.04 bits per heavy atom. The van der Waals surface area contributed by atoms with Gasteiger partial charge in [-0.1, -0.05) is 23.7 Å². The SMILES string of the molecule is O=C(CCOc1ccc(Cl)cc1)Nc1ccccc1OCC(F)(F)F. The molecule has 4 nitrogen and oxygen atoms in total. The largest absolute Gasteiger partial charge is 0.493 e. The zero-order chi connectivity index (χ0) is 18.3. The van der Waals surface area contributed by atoms with Crippen LogP contribution in [0.4, 0.5) is 18.9 Å². The molecule has 0 aliphatic heterocycles. The van der Waals surface area contributed by atoms with E-state index >= 15 is 0 Å². The van der Waals surface area contributed by atoms with Gasteiger partial charge in [0.15, 0.2) is 6.61 Å². The Hall–Kier alpha value is -2.41. The fourth-order valence-electron chi connectivity index (χ4n) is 1.86. The molecule has 2 aromatic rings. The first kappa shape index (κ1) is 18.9. The maximum Gasteiger partial charge on any atom is 0.422 e. The van der Waals surface area contributed by atoms with Crippen molar-refractivity contribution < 1.29 is 27.4 Å². The molecule has 134 valence electrons. The molecule has 8 heteroatoms. The highest BCUT2D eigenvalue weighted by Gasteiger charge is 2.28. The van der Waals surface area contributed by atoms with Crippen LogP contribution in [0.2, 0.25) is 5.02 Å². The summed E-state index contributed by atoms with van der Waals surface area (Å²) < 4.78 is 46.8. The third-order valence-electron chi connectivity index (χ3n) is 2.96. The van der Waals surface area contributed by atoms with Crippen LogP contribution in [0, 0.1) is 0 Å². The zero-order valence-corrected chi connectivity index (χ0v) is 13.7. The molecule has 0 radical (unpaired) electrons. The molecule has 0 saturated carbocycles. The first-order chi connectivity index (χ1) is 11.8. The number of halogens is 4. The number of ether oxygens (including phenoxy) is 2. The van der Waals surface area contributed by atoms with Crippen LogP contribution in [0.1, 0.15) is 6.42 Å². The van der Waals surface area contributed by atoms with Gasteiger partial charge in [0.25, 0.3) is 0 Å². The van der Waals surface area contributed by atoms with E-state index in [9.17, 15) is 18.0 Å². The van der Waals surface area contributed by atoms with Gasteiger partial charge in [0.1, 0.15) is 11.5 Å². The van der Waals surface area contributed by atoms with Crippen molar-refractivity contribution in [2.24, 2.45) is 0 Å². The normalized spacial score (nSPS) is 11.0. The Morgan fingerprint density at radius 2 is 1.72 bits per heavy atom. The summed E-state index contributed by atoms with van der Waals surface area (Å²) in [6, 6.07) is 12.6.